The van der Waals surface area contributed by atoms with Crippen molar-refractivity contribution in [2.45, 2.75) is 0 Å². The van der Waals surface area contributed by atoms with Crippen LogP contribution in [-0.4, -0.2) is 10.9 Å². The van der Waals surface area contributed by atoms with Crippen LogP contribution in [0.4, 0.5) is 5.13 Å². The van der Waals surface area contributed by atoms with Crippen LogP contribution in [0.15, 0.2) is 64.6 Å². The number of halogens is 2. The van der Waals surface area contributed by atoms with Gasteiger partial charge in [0.05, 0.1) is 15.2 Å². The van der Waals surface area contributed by atoms with Crippen LogP contribution in [0, 0.1) is 11.3 Å². The molecule has 0 saturated carbocycles. The molecule has 2 aromatic carbocycles. The number of amides is 1. The third-order valence-electron chi connectivity index (χ3n) is 3.99. The molecule has 0 radical (unpaired) electrons. The SMILES string of the molecule is N#C/C(=C\c1ccc(-c2cc(Cl)ccc2Cl)o1)C(=O)Nc1nc2ccccc2s1. The van der Waals surface area contributed by atoms with Gasteiger partial charge in [-0.2, -0.15) is 5.26 Å². The third-order valence-corrected chi connectivity index (χ3v) is 5.50. The van der Waals surface area contributed by atoms with Gasteiger partial charge in [-0.25, -0.2) is 4.98 Å². The average molecular weight is 440 g/mol. The number of hydrogen-bond donors (Lipinski definition) is 1. The van der Waals surface area contributed by atoms with Gasteiger partial charge in [0.2, 0.25) is 0 Å². The highest BCUT2D eigenvalue weighted by molar-refractivity contribution is 7.22. The molecule has 0 aliphatic rings. The molecule has 0 bridgehead atoms. The lowest BCUT2D eigenvalue weighted by molar-refractivity contribution is -0.112. The molecule has 0 saturated heterocycles. The van der Waals surface area contributed by atoms with Gasteiger partial charge in [-0.1, -0.05) is 46.7 Å². The number of nitriles is 1. The highest BCUT2D eigenvalue weighted by Crippen LogP contribution is 2.32. The first-order chi connectivity index (χ1) is 14.0. The van der Waals surface area contributed by atoms with Gasteiger partial charge in [0, 0.05) is 16.7 Å². The minimum absolute atomic E-state index is 0.109. The van der Waals surface area contributed by atoms with Crippen LogP contribution in [0.5, 0.6) is 0 Å². The zero-order valence-corrected chi connectivity index (χ0v) is 17.0. The molecule has 2 aromatic heterocycles. The Morgan fingerprint density at radius 3 is 2.79 bits per heavy atom. The van der Waals surface area contributed by atoms with Crippen LogP contribution in [-0.2, 0) is 4.79 Å². The molecule has 0 fully saturated rings. The van der Waals surface area contributed by atoms with Crippen LogP contribution >= 0.6 is 34.5 Å². The molecule has 4 aromatic rings. The van der Waals surface area contributed by atoms with Crippen LogP contribution in [0.25, 0.3) is 27.6 Å². The maximum Gasteiger partial charge on any atom is 0.268 e. The van der Waals surface area contributed by atoms with E-state index in [0.717, 1.165) is 10.2 Å². The van der Waals surface area contributed by atoms with E-state index in [2.05, 4.69) is 10.3 Å². The second-order valence-electron chi connectivity index (χ2n) is 5.94. The number of carbonyl (C=O) groups excluding carboxylic acids is 1. The lowest BCUT2D eigenvalue weighted by Gasteiger charge is -2.01. The van der Waals surface area contributed by atoms with Crippen molar-refractivity contribution in [1.82, 2.24) is 4.98 Å². The Kier molecular flexibility index (Phi) is 5.36. The minimum Gasteiger partial charge on any atom is -0.457 e. The summed E-state index contributed by atoms with van der Waals surface area (Å²) in [5.74, 6) is 0.255. The fourth-order valence-corrected chi connectivity index (χ4v) is 3.89. The number of thiazole rings is 1. The summed E-state index contributed by atoms with van der Waals surface area (Å²) in [5.41, 5.74) is 1.29. The molecule has 1 N–H and O–H groups in total. The number of fused-ring (bicyclic) bond motifs is 1. The summed E-state index contributed by atoms with van der Waals surface area (Å²) in [6, 6.07) is 17.8. The number of nitrogens with zero attached hydrogens (tertiary/aromatic N) is 2. The van der Waals surface area contributed by atoms with Crippen molar-refractivity contribution >= 4 is 61.9 Å². The van der Waals surface area contributed by atoms with Crippen molar-refractivity contribution in [2.24, 2.45) is 0 Å². The number of hydrogen-bond acceptors (Lipinski definition) is 5. The molecule has 2 heterocycles. The number of benzene rings is 2. The number of furan rings is 1. The van der Waals surface area contributed by atoms with E-state index in [0.29, 0.717) is 32.3 Å². The largest absolute Gasteiger partial charge is 0.457 e. The molecule has 0 spiro atoms. The molecule has 0 aliphatic carbocycles. The predicted octanol–water partition coefficient (Wildman–Crippen LogP) is 6.41. The molecule has 0 aliphatic heterocycles. The zero-order valence-electron chi connectivity index (χ0n) is 14.6. The second kappa shape index (κ2) is 8.10. The Labute approximate surface area is 179 Å². The van der Waals surface area contributed by atoms with Gasteiger partial charge in [-0.05, 0) is 42.5 Å². The highest BCUT2D eigenvalue weighted by Gasteiger charge is 2.14. The molecule has 142 valence electrons. The van der Waals surface area contributed by atoms with Crippen LogP contribution in [0.2, 0.25) is 10.0 Å². The molecule has 4 rings (SSSR count). The number of anilines is 1. The number of para-hydroxylation sites is 1. The van der Waals surface area contributed by atoms with Gasteiger partial charge in [0.15, 0.2) is 5.13 Å². The monoisotopic (exact) mass is 439 g/mol. The Hall–Kier alpha value is -3.11. The molecule has 0 unspecified atom stereocenters. The first kappa shape index (κ1) is 19.2. The standard InChI is InChI=1S/C21H11Cl2N3O2S/c22-13-5-7-16(23)15(10-13)18-8-6-14(28-18)9-12(11-24)20(27)26-21-25-17-3-1-2-4-19(17)29-21/h1-10H,(H,25,26,27)/b12-9+. The molecule has 5 nitrogen and oxygen atoms in total. The molecule has 29 heavy (non-hydrogen) atoms. The summed E-state index contributed by atoms with van der Waals surface area (Å²) in [6.45, 7) is 0. The lowest BCUT2D eigenvalue weighted by Crippen LogP contribution is -2.13. The molecular formula is C21H11Cl2N3O2S. The van der Waals surface area contributed by atoms with E-state index in [4.69, 9.17) is 27.6 Å². The zero-order chi connectivity index (χ0) is 20.4. The van der Waals surface area contributed by atoms with Crippen LogP contribution < -0.4 is 5.32 Å². The van der Waals surface area contributed by atoms with Gasteiger partial charge in [0.25, 0.3) is 5.91 Å². The Bertz CT molecular complexity index is 1270. The van der Waals surface area contributed by atoms with Gasteiger partial charge in [0.1, 0.15) is 23.2 Å². The number of rotatable bonds is 4. The molecule has 0 atom stereocenters. The number of aromatic nitrogens is 1. The van der Waals surface area contributed by atoms with E-state index >= 15 is 0 Å². The molecule has 8 heteroatoms. The number of nitrogens with one attached hydrogen (secondary N) is 1. The van der Waals surface area contributed by atoms with Gasteiger partial charge >= 0.3 is 0 Å². The van der Waals surface area contributed by atoms with E-state index in [1.807, 2.05) is 30.3 Å². The second-order valence-corrected chi connectivity index (χ2v) is 7.81. The molecule has 1 amide bonds. The smallest absolute Gasteiger partial charge is 0.268 e. The minimum atomic E-state index is -0.565. The van der Waals surface area contributed by atoms with Crippen molar-refractivity contribution in [2.75, 3.05) is 5.32 Å². The summed E-state index contributed by atoms with van der Waals surface area (Å²) in [7, 11) is 0. The predicted molar refractivity (Wildman–Crippen MR) is 116 cm³/mol. The summed E-state index contributed by atoms with van der Waals surface area (Å²) in [4.78, 5) is 16.8. The Morgan fingerprint density at radius 2 is 2.00 bits per heavy atom. The van der Waals surface area contributed by atoms with E-state index < -0.39 is 5.91 Å². The van der Waals surface area contributed by atoms with Crippen LogP contribution in [0.1, 0.15) is 5.76 Å². The maximum atomic E-state index is 12.5. The van der Waals surface area contributed by atoms with Crippen LogP contribution in [0.3, 0.4) is 0 Å². The average Bonchev–Trinajstić information content (AvgIpc) is 3.34. The fraction of sp³-hybridized carbons (Fsp3) is 0. The normalized spacial score (nSPS) is 11.4. The van der Waals surface area contributed by atoms with Crippen molar-refractivity contribution in [3.05, 3.63) is 76.0 Å². The first-order valence-corrected chi connectivity index (χ1v) is 9.95. The van der Waals surface area contributed by atoms with Crippen molar-refractivity contribution < 1.29 is 9.21 Å². The van der Waals surface area contributed by atoms with E-state index in [1.54, 1.807) is 30.3 Å². The summed E-state index contributed by atoms with van der Waals surface area (Å²) in [6.07, 6.45) is 1.37. The topological polar surface area (TPSA) is 78.9 Å². The molecular weight excluding hydrogens is 429 g/mol. The van der Waals surface area contributed by atoms with Crippen molar-refractivity contribution in [3.63, 3.8) is 0 Å². The maximum absolute atomic E-state index is 12.5. The van der Waals surface area contributed by atoms with Crippen molar-refractivity contribution in [3.8, 4) is 17.4 Å². The van der Waals surface area contributed by atoms with Gasteiger partial charge in [-0.15, -0.1) is 0 Å². The summed E-state index contributed by atoms with van der Waals surface area (Å²) < 4.78 is 6.67. The summed E-state index contributed by atoms with van der Waals surface area (Å²) in [5, 5.41) is 13.5. The lowest BCUT2D eigenvalue weighted by atomic mass is 10.2. The first-order valence-electron chi connectivity index (χ1n) is 8.37. The highest BCUT2D eigenvalue weighted by atomic mass is 35.5. The van der Waals surface area contributed by atoms with Gasteiger partial charge < -0.3 is 4.42 Å². The quantitative estimate of drug-likeness (QED) is 0.294. The van der Waals surface area contributed by atoms with Gasteiger partial charge in [-0.3, -0.25) is 10.1 Å². The fourth-order valence-electron chi connectivity index (χ4n) is 2.64. The third kappa shape index (κ3) is 4.17. The van der Waals surface area contributed by atoms with E-state index in [-0.39, 0.29) is 5.57 Å². The summed E-state index contributed by atoms with van der Waals surface area (Å²) >= 11 is 13.5. The van der Waals surface area contributed by atoms with Crippen molar-refractivity contribution in [1.29, 1.82) is 5.26 Å². The number of carbonyl (C=O) groups is 1. The van der Waals surface area contributed by atoms with E-state index in [1.165, 1.54) is 17.4 Å². The van der Waals surface area contributed by atoms with E-state index in [9.17, 15) is 10.1 Å². The Balaban J connectivity index is 1.57. The Morgan fingerprint density at radius 1 is 1.17 bits per heavy atom.